The largest absolute Gasteiger partial charge is 0.432 e. The third-order valence-corrected chi connectivity index (χ3v) is 5.70. The third kappa shape index (κ3) is 6.70. The number of anilines is 1. The summed E-state index contributed by atoms with van der Waals surface area (Å²) in [4.78, 5) is 38.8. The van der Waals surface area contributed by atoms with Gasteiger partial charge in [-0.3, -0.25) is 24.0 Å². The monoisotopic (exact) mass is 477 g/mol. The Kier molecular flexibility index (Phi) is 9.13. The number of amides is 2. The molecule has 1 heterocycles. The molecule has 1 aliphatic heterocycles. The van der Waals surface area contributed by atoms with E-state index in [0.717, 1.165) is 6.92 Å². The number of hydrogen-bond acceptors (Lipinski definition) is 10. The first-order valence-electron chi connectivity index (χ1n) is 9.61. The number of rotatable bonds is 9. The molecule has 1 aromatic carbocycles. The molecule has 0 bridgehead atoms. The number of hydrogen-bond donors (Lipinski definition) is 6. The Labute approximate surface area is 184 Å². The Morgan fingerprint density at radius 1 is 1.22 bits per heavy atom. The molecule has 180 valence electrons. The summed E-state index contributed by atoms with van der Waals surface area (Å²) < 4.78 is 22.2. The van der Waals surface area contributed by atoms with Crippen LogP contribution in [0.4, 0.5) is 5.69 Å². The Bertz CT molecular complexity index is 828. The Morgan fingerprint density at radius 3 is 2.41 bits per heavy atom. The van der Waals surface area contributed by atoms with Crippen molar-refractivity contribution >= 4 is 25.2 Å². The molecule has 0 spiro atoms. The van der Waals surface area contributed by atoms with Gasteiger partial charge in [0.25, 0.3) is 5.91 Å². The van der Waals surface area contributed by atoms with Gasteiger partial charge in [0.15, 0.2) is 6.29 Å². The van der Waals surface area contributed by atoms with E-state index in [1.165, 1.54) is 19.1 Å². The second kappa shape index (κ2) is 11.2. The standard InChI is InChI=1S/C18H28N3O10P/c1-10(21(29-3)12-7-5-4-6-8-12)17(25)20-32(27,28)30-9-13-15(23)16(24)14(18(26)31-13)19-11(2)22/h4-8,10,13-16,18,23-24,26H,9H2,1-3H3,(H,19,22)(H2,20,25,27,28)/t10-,13+,14+,15+,16+,18?/m0/s1. The summed E-state index contributed by atoms with van der Waals surface area (Å²) in [5, 5.41) is 35.5. The van der Waals surface area contributed by atoms with Gasteiger partial charge >= 0.3 is 7.75 Å². The van der Waals surface area contributed by atoms with Gasteiger partial charge in [-0.1, -0.05) is 18.2 Å². The van der Waals surface area contributed by atoms with Crippen molar-refractivity contribution in [1.82, 2.24) is 10.4 Å². The molecule has 2 amide bonds. The minimum absolute atomic E-state index is 0.529. The lowest BCUT2D eigenvalue weighted by Gasteiger charge is -2.40. The van der Waals surface area contributed by atoms with Crippen LogP contribution in [0, 0.1) is 0 Å². The fourth-order valence-corrected chi connectivity index (χ4v) is 3.96. The summed E-state index contributed by atoms with van der Waals surface area (Å²) in [6.07, 6.45) is -6.42. The lowest BCUT2D eigenvalue weighted by Crippen LogP contribution is -2.64. The highest BCUT2D eigenvalue weighted by Crippen LogP contribution is 2.38. The number of carbonyl (C=O) groups is 2. The SMILES string of the molecule is CON(c1ccccc1)[C@@H](C)C(=O)NP(=O)(O)OC[C@H]1OC(O)[C@H](NC(C)=O)[C@@H](O)[C@@H]1O. The van der Waals surface area contributed by atoms with E-state index in [-0.39, 0.29) is 0 Å². The van der Waals surface area contributed by atoms with E-state index in [2.05, 4.69) is 5.32 Å². The highest BCUT2D eigenvalue weighted by Gasteiger charge is 2.45. The molecule has 1 fully saturated rings. The van der Waals surface area contributed by atoms with Crippen LogP contribution in [0.2, 0.25) is 0 Å². The Balaban J connectivity index is 1.96. The maximum Gasteiger partial charge on any atom is 0.432 e. The number of carbonyl (C=O) groups excluding carboxylic acids is 2. The number of para-hydroxylation sites is 1. The molecule has 1 saturated heterocycles. The first-order chi connectivity index (χ1) is 15.0. The molecule has 14 heteroatoms. The van der Waals surface area contributed by atoms with Gasteiger partial charge in [0.2, 0.25) is 5.91 Å². The highest BCUT2D eigenvalue weighted by atomic mass is 31.2. The average Bonchev–Trinajstić information content (AvgIpc) is 2.73. The molecule has 0 radical (unpaired) electrons. The zero-order chi connectivity index (χ0) is 24.1. The van der Waals surface area contributed by atoms with Crippen LogP contribution in [0.3, 0.4) is 0 Å². The fourth-order valence-electron chi connectivity index (χ4n) is 3.08. The summed E-state index contributed by atoms with van der Waals surface area (Å²) in [5.74, 6) is -1.46. The van der Waals surface area contributed by atoms with Crippen molar-refractivity contribution in [1.29, 1.82) is 0 Å². The topological polar surface area (TPSA) is 187 Å². The van der Waals surface area contributed by atoms with Crippen LogP contribution in [0.25, 0.3) is 0 Å². The summed E-state index contributed by atoms with van der Waals surface area (Å²) in [7, 11) is -3.39. The zero-order valence-electron chi connectivity index (χ0n) is 17.7. The predicted octanol–water partition coefficient (Wildman–Crippen LogP) is -1.38. The molecule has 32 heavy (non-hydrogen) atoms. The van der Waals surface area contributed by atoms with Crippen LogP contribution in [-0.4, -0.2) is 82.4 Å². The second-order valence-corrected chi connectivity index (χ2v) is 8.61. The van der Waals surface area contributed by atoms with Crippen molar-refractivity contribution in [3.05, 3.63) is 30.3 Å². The van der Waals surface area contributed by atoms with Gasteiger partial charge in [0.05, 0.1) is 19.4 Å². The van der Waals surface area contributed by atoms with Crippen LogP contribution < -0.4 is 15.5 Å². The van der Waals surface area contributed by atoms with Crippen molar-refractivity contribution in [3.8, 4) is 0 Å². The molecule has 13 nitrogen and oxygen atoms in total. The molecular formula is C18H28N3O10P. The normalized spacial score (nSPS) is 28.3. The van der Waals surface area contributed by atoms with E-state index in [4.69, 9.17) is 14.1 Å². The fraction of sp³-hybridized carbons (Fsp3) is 0.556. The lowest BCUT2D eigenvalue weighted by molar-refractivity contribution is -0.252. The number of aliphatic hydroxyl groups is 3. The second-order valence-electron chi connectivity index (χ2n) is 7.08. The molecule has 1 aliphatic rings. The van der Waals surface area contributed by atoms with Gasteiger partial charge in [0.1, 0.15) is 30.4 Å². The smallest absolute Gasteiger partial charge is 0.388 e. The number of nitrogens with zero attached hydrogens (tertiary/aromatic N) is 1. The Morgan fingerprint density at radius 2 is 1.84 bits per heavy atom. The summed E-state index contributed by atoms with van der Waals surface area (Å²) >= 11 is 0. The molecule has 2 unspecified atom stereocenters. The van der Waals surface area contributed by atoms with Gasteiger partial charge in [-0.25, -0.2) is 9.63 Å². The predicted molar refractivity (Wildman–Crippen MR) is 110 cm³/mol. The third-order valence-electron chi connectivity index (χ3n) is 4.69. The number of hydroxylamine groups is 1. The summed E-state index contributed by atoms with van der Waals surface area (Å²) in [6.45, 7) is 1.83. The van der Waals surface area contributed by atoms with Gasteiger partial charge < -0.3 is 30.3 Å². The molecular weight excluding hydrogens is 449 g/mol. The maximum absolute atomic E-state index is 12.5. The van der Waals surface area contributed by atoms with Crippen LogP contribution in [0.5, 0.6) is 0 Å². The number of nitrogens with one attached hydrogen (secondary N) is 2. The number of aliphatic hydroxyl groups excluding tert-OH is 3. The van der Waals surface area contributed by atoms with E-state index in [1.807, 2.05) is 5.09 Å². The lowest BCUT2D eigenvalue weighted by atomic mass is 9.97. The number of ether oxygens (including phenoxy) is 1. The van der Waals surface area contributed by atoms with E-state index < -0.39 is 62.9 Å². The van der Waals surface area contributed by atoms with Crippen molar-refractivity contribution < 1.29 is 48.5 Å². The molecule has 2 rings (SSSR count). The molecule has 1 aromatic rings. The first-order valence-corrected chi connectivity index (χ1v) is 11.2. The van der Waals surface area contributed by atoms with Gasteiger partial charge in [-0.15, -0.1) is 0 Å². The van der Waals surface area contributed by atoms with Crippen molar-refractivity contribution in [2.45, 2.75) is 50.5 Å². The molecule has 0 aromatic heterocycles. The van der Waals surface area contributed by atoms with Crippen LogP contribution in [0.1, 0.15) is 13.8 Å². The average molecular weight is 477 g/mol. The maximum atomic E-state index is 12.5. The minimum atomic E-state index is -4.72. The minimum Gasteiger partial charge on any atom is -0.388 e. The van der Waals surface area contributed by atoms with E-state index in [1.54, 1.807) is 30.3 Å². The van der Waals surface area contributed by atoms with Gasteiger partial charge in [0, 0.05) is 6.92 Å². The van der Waals surface area contributed by atoms with Crippen molar-refractivity contribution in [2.24, 2.45) is 0 Å². The molecule has 0 aliphatic carbocycles. The van der Waals surface area contributed by atoms with Crippen molar-refractivity contribution in [3.63, 3.8) is 0 Å². The molecule has 7 atom stereocenters. The first kappa shape index (κ1) is 26.2. The van der Waals surface area contributed by atoms with Crippen LogP contribution in [-0.2, 0) is 28.3 Å². The van der Waals surface area contributed by atoms with Crippen molar-refractivity contribution in [2.75, 3.05) is 18.8 Å². The summed E-state index contributed by atoms with van der Waals surface area (Å²) in [6, 6.07) is 6.24. The van der Waals surface area contributed by atoms with E-state index in [0.29, 0.717) is 5.69 Å². The molecule has 6 N–H and O–H groups in total. The van der Waals surface area contributed by atoms with E-state index in [9.17, 15) is 34.4 Å². The zero-order valence-corrected chi connectivity index (χ0v) is 18.6. The highest BCUT2D eigenvalue weighted by molar-refractivity contribution is 7.51. The Hall–Kier alpha value is -2.09. The van der Waals surface area contributed by atoms with Crippen LogP contribution >= 0.6 is 7.75 Å². The quantitative estimate of drug-likeness (QED) is 0.182. The number of benzene rings is 1. The summed E-state index contributed by atoms with van der Waals surface area (Å²) in [5.41, 5.74) is 0.529. The van der Waals surface area contributed by atoms with Crippen LogP contribution in [0.15, 0.2) is 30.3 Å². The van der Waals surface area contributed by atoms with E-state index >= 15 is 0 Å². The van der Waals surface area contributed by atoms with Gasteiger partial charge in [-0.05, 0) is 19.1 Å². The molecule has 0 saturated carbocycles. The van der Waals surface area contributed by atoms with Gasteiger partial charge in [-0.2, -0.15) is 0 Å².